The summed E-state index contributed by atoms with van der Waals surface area (Å²) in [5.74, 6) is -0.825. The van der Waals surface area contributed by atoms with Gasteiger partial charge in [-0.1, -0.05) is 41.5 Å². The molecule has 1 atom stereocenters. The second-order valence-corrected chi connectivity index (χ2v) is 8.11. The molecule has 0 spiro atoms. The molecule has 0 radical (unpaired) electrons. The molecule has 0 bridgehead atoms. The van der Waals surface area contributed by atoms with Crippen molar-refractivity contribution in [2.45, 2.75) is 48.0 Å². The maximum Gasteiger partial charge on any atom is 0.295 e. The lowest BCUT2D eigenvalue weighted by molar-refractivity contribution is -0.437. The molecule has 1 N–H and O–H groups in total. The van der Waals surface area contributed by atoms with Gasteiger partial charge in [-0.15, -0.1) is 0 Å². The van der Waals surface area contributed by atoms with Gasteiger partial charge >= 0.3 is 0 Å². The maximum absolute atomic E-state index is 11.9. The molecule has 7 heteroatoms. The number of hydrogen-bond donors (Lipinski definition) is 1. The van der Waals surface area contributed by atoms with Crippen LogP contribution < -0.4 is 0 Å². The Morgan fingerprint density at radius 2 is 1.64 bits per heavy atom. The first-order valence-corrected chi connectivity index (χ1v) is 8.92. The molecule has 0 amide bonds. The average Bonchev–Trinajstić information content (AvgIpc) is 2.34. The van der Waals surface area contributed by atoms with E-state index in [4.69, 9.17) is 0 Å². The summed E-state index contributed by atoms with van der Waals surface area (Å²) < 4.78 is 33.5. The van der Waals surface area contributed by atoms with E-state index in [1.165, 1.54) is 0 Å². The van der Waals surface area contributed by atoms with Crippen LogP contribution in [-0.4, -0.2) is 17.9 Å². The Labute approximate surface area is 132 Å². The predicted molar refractivity (Wildman–Crippen MR) is 85.2 cm³/mol. The van der Waals surface area contributed by atoms with Gasteiger partial charge in [-0.3, -0.25) is 14.7 Å². The molecule has 22 heavy (non-hydrogen) atoms. The standard InChI is InChI=1S/C15H25NO5S/c1-8(2)11-7-12(9(3)4)15(22(19,20)21)13(10(5)6)14(11)16(17)18/h8-11H,7H2,1-6H3,(H,19,20,21)/t11-/m1/s1. The Hall–Kier alpha value is -1.21. The molecule has 0 fully saturated rings. The molecular formula is C15H25NO5S. The van der Waals surface area contributed by atoms with E-state index in [0.29, 0.717) is 5.57 Å². The van der Waals surface area contributed by atoms with Gasteiger partial charge in [-0.2, -0.15) is 8.42 Å². The third-order valence-electron chi connectivity index (χ3n) is 4.14. The first kappa shape index (κ1) is 18.8. The van der Waals surface area contributed by atoms with Gasteiger partial charge < -0.3 is 0 Å². The molecule has 0 unspecified atom stereocenters. The normalized spacial score (nSPS) is 20.5. The van der Waals surface area contributed by atoms with E-state index < -0.39 is 15.0 Å². The molecular weight excluding hydrogens is 306 g/mol. The number of nitro groups is 1. The molecule has 126 valence electrons. The van der Waals surface area contributed by atoms with Crippen LogP contribution in [0.25, 0.3) is 0 Å². The molecule has 0 saturated heterocycles. The van der Waals surface area contributed by atoms with Crippen LogP contribution in [0, 0.1) is 33.8 Å². The van der Waals surface area contributed by atoms with Crippen LogP contribution in [0.1, 0.15) is 48.0 Å². The van der Waals surface area contributed by atoms with Crippen LogP contribution in [0.4, 0.5) is 0 Å². The van der Waals surface area contributed by atoms with E-state index in [1.54, 1.807) is 13.8 Å². The molecule has 0 aromatic heterocycles. The minimum Gasteiger partial charge on any atom is -0.282 e. The van der Waals surface area contributed by atoms with E-state index >= 15 is 0 Å². The van der Waals surface area contributed by atoms with Crippen molar-refractivity contribution in [1.29, 1.82) is 0 Å². The lowest BCUT2D eigenvalue weighted by atomic mass is 9.75. The van der Waals surface area contributed by atoms with Crippen LogP contribution >= 0.6 is 0 Å². The monoisotopic (exact) mass is 331 g/mol. The number of hydrogen-bond acceptors (Lipinski definition) is 4. The Morgan fingerprint density at radius 3 is 1.91 bits per heavy atom. The Morgan fingerprint density at radius 1 is 1.14 bits per heavy atom. The quantitative estimate of drug-likeness (QED) is 0.471. The highest BCUT2D eigenvalue weighted by Crippen LogP contribution is 2.45. The fourth-order valence-corrected chi connectivity index (χ4v) is 4.33. The third kappa shape index (κ3) is 3.57. The Bertz CT molecular complexity index is 626. The summed E-state index contributed by atoms with van der Waals surface area (Å²) in [7, 11) is -4.51. The lowest BCUT2D eigenvalue weighted by Gasteiger charge is -2.31. The van der Waals surface area contributed by atoms with E-state index in [1.807, 2.05) is 27.7 Å². The minimum absolute atomic E-state index is 0.00541. The zero-order chi connectivity index (χ0) is 17.4. The average molecular weight is 331 g/mol. The van der Waals surface area contributed by atoms with Gasteiger partial charge in [0, 0.05) is 5.57 Å². The van der Waals surface area contributed by atoms with Crippen molar-refractivity contribution in [3.8, 4) is 0 Å². The highest BCUT2D eigenvalue weighted by atomic mass is 32.2. The van der Waals surface area contributed by atoms with Gasteiger partial charge in [0.15, 0.2) is 0 Å². The van der Waals surface area contributed by atoms with Gasteiger partial charge in [-0.05, 0) is 29.7 Å². The first-order chi connectivity index (χ1) is 9.89. The summed E-state index contributed by atoms with van der Waals surface area (Å²) in [6.07, 6.45) is 0.289. The molecule has 1 rings (SSSR count). The van der Waals surface area contributed by atoms with E-state index in [2.05, 4.69) is 0 Å². The highest BCUT2D eigenvalue weighted by Gasteiger charge is 2.43. The SMILES string of the molecule is CC(C)C1=C(S(=O)(=O)O)C(C(C)C)=C([N+](=O)[O-])[C@@H](C(C)C)C1. The molecule has 0 aliphatic heterocycles. The van der Waals surface area contributed by atoms with Gasteiger partial charge in [0.2, 0.25) is 0 Å². The number of allylic oxidation sites excluding steroid dienone is 3. The summed E-state index contributed by atoms with van der Waals surface area (Å²) >= 11 is 0. The van der Waals surface area contributed by atoms with Gasteiger partial charge in [0.05, 0.1) is 10.8 Å². The molecule has 6 nitrogen and oxygen atoms in total. The van der Waals surface area contributed by atoms with Crippen LogP contribution in [0.5, 0.6) is 0 Å². The Kier molecular flexibility index (Phi) is 5.56. The van der Waals surface area contributed by atoms with Crippen molar-refractivity contribution in [2.24, 2.45) is 23.7 Å². The van der Waals surface area contributed by atoms with Crippen LogP contribution in [0.3, 0.4) is 0 Å². The fraction of sp³-hybridized carbons (Fsp3) is 0.733. The van der Waals surface area contributed by atoms with Crippen LogP contribution in [0.15, 0.2) is 21.7 Å². The molecule has 1 aliphatic rings. The van der Waals surface area contributed by atoms with Gasteiger partial charge in [-0.25, -0.2) is 0 Å². The van der Waals surface area contributed by atoms with Crippen molar-refractivity contribution >= 4 is 10.1 Å². The topological polar surface area (TPSA) is 97.5 Å². The summed E-state index contributed by atoms with van der Waals surface area (Å²) in [5, 5.41) is 11.6. The third-order valence-corrected chi connectivity index (χ3v) is 5.13. The predicted octanol–water partition coefficient (Wildman–Crippen LogP) is 3.65. The Balaban J connectivity index is 3.87. The zero-order valence-corrected chi connectivity index (χ0v) is 14.8. The number of nitrogens with zero attached hydrogens (tertiary/aromatic N) is 1. The largest absolute Gasteiger partial charge is 0.295 e. The molecule has 1 aliphatic carbocycles. The van der Waals surface area contributed by atoms with Crippen molar-refractivity contribution in [3.05, 3.63) is 31.9 Å². The van der Waals surface area contributed by atoms with Gasteiger partial charge in [0.25, 0.3) is 15.8 Å². The smallest absolute Gasteiger partial charge is 0.282 e. The van der Waals surface area contributed by atoms with E-state index in [-0.39, 0.29) is 46.3 Å². The molecule has 0 saturated carbocycles. The summed E-state index contributed by atoms with van der Waals surface area (Å²) in [6.45, 7) is 10.9. The lowest BCUT2D eigenvalue weighted by Crippen LogP contribution is -2.30. The van der Waals surface area contributed by atoms with Crippen molar-refractivity contribution in [1.82, 2.24) is 0 Å². The summed E-state index contributed by atoms with van der Waals surface area (Å²) in [5.41, 5.74) is 0.665. The fourth-order valence-electron chi connectivity index (χ4n) is 3.06. The van der Waals surface area contributed by atoms with Crippen LogP contribution in [0.2, 0.25) is 0 Å². The molecule has 0 aromatic carbocycles. The van der Waals surface area contributed by atoms with E-state index in [0.717, 1.165) is 0 Å². The maximum atomic E-state index is 11.9. The highest BCUT2D eigenvalue weighted by molar-refractivity contribution is 7.90. The zero-order valence-electron chi connectivity index (χ0n) is 14.0. The van der Waals surface area contributed by atoms with Crippen molar-refractivity contribution < 1.29 is 17.9 Å². The van der Waals surface area contributed by atoms with Crippen molar-refractivity contribution in [2.75, 3.05) is 0 Å². The second-order valence-electron chi connectivity index (χ2n) is 6.75. The molecule has 0 aromatic rings. The number of rotatable bonds is 5. The minimum atomic E-state index is -4.51. The van der Waals surface area contributed by atoms with E-state index in [9.17, 15) is 23.1 Å². The molecule has 0 heterocycles. The summed E-state index contributed by atoms with van der Waals surface area (Å²) in [4.78, 5) is 10.9. The van der Waals surface area contributed by atoms with Crippen molar-refractivity contribution in [3.63, 3.8) is 0 Å². The summed E-state index contributed by atoms with van der Waals surface area (Å²) in [6, 6.07) is 0. The second kappa shape index (κ2) is 6.50. The van der Waals surface area contributed by atoms with Crippen LogP contribution in [-0.2, 0) is 10.1 Å². The van der Waals surface area contributed by atoms with Gasteiger partial charge in [0.1, 0.15) is 4.91 Å². The first-order valence-electron chi connectivity index (χ1n) is 7.48.